The quantitative estimate of drug-likeness (QED) is 0.507. The first-order valence-electron chi connectivity index (χ1n) is 7.76. The Balaban J connectivity index is 3.69. The van der Waals surface area contributed by atoms with Crippen LogP contribution in [0, 0.1) is 11.3 Å². The number of carbonyl (C=O) groups excluding carboxylic acids is 3. The molecule has 115 valence electrons. The molecule has 0 rings (SSSR count). The van der Waals surface area contributed by atoms with E-state index in [1.54, 1.807) is 13.8 Å². The van der Waals surface area contributed by atoms with E-state index in [9.17, 15) is 14.4 Å². The van der Waals surface area contributed by atoms with Crippen LogP contribution in [0.4, 0.5) is 0 Å². The van der Waals surface area contributed by atoms with Gasteiger partial charge in [0.25, 0.3) is 0 Å². The highest BCUT2D eigenvalue weighted by Gasteiger charge is 2.21. The maximum Gasteiger partial charge on any atom is 0.204 e. The summed E-state index contributed by atoms with van der Waals surface area (Å²) < 4.78 is 0. The van der Waals surface area contributed by atoms with Gasteiger partial charge in [-0.1, -0.05) is 40.5 Å². The third-order valence-corrected chi connectivity index (χ3v) is 3.57. The van der Waals surface area contributed by atoms with Crippen molar-refractivity contribution in [1.82, 2.24) is 0 Å². The molecular weight excluding hydrogens is 252 g/mol. The Kier molecular flexibility index (Phi) is 9.35. The van der Waals surface area contributed by atoms with Gasteiger partial charge in [-0.15, -0.1) is 0 Å². The van der Waals surface area contributed by atoms with Gasteiger partial charge >= 0.3 is 0 Å². The minimum absolute atomic E-state index is 0.115. The number of hydrogen-bond acceptors (Lipinski definition) is 3. The highest BCUT2D eigenvalue weighted by Crippen LogP contribution is 2.19. The number of Topliss-reactive ketones (excluding diaryl/α,β-unsaturated/α-hetero) is 2. The number of ketones is 2. The van der Waals surface area contributed by atoms with E-state index in [-0.39, 0.29) is 18.1 Å². The molecule has 0 amide bonds. The van der Waals surface area contributed by atoms with Crippen LogP contribution in [-0.4, -0.2) is 17.9 Å². The molecule has 0 aromatic rings. The van der Waals surface area contributed by atoms with E-state index in [0.29, 0.717) is 18.6 Å². The van der Waals surface area contributed by atoms with Crippen molar-refractivity contribution in [3.05, 3.63) is 0 Å². The van der Waals surface area contributed by atoms with Crippen molar-refractivity contribution in [2.75, 3.05) is 0 Å². The van der Waals surface area contributed by atoms with Gasteiger partial charge in [0, 0.05) is 30.6 Å². The van der Waals surface area contributed by atoms with Crippen LogP contribution in [0.25, 0.3) is 0 Å². The van der Waals surface area contributed by atoms with Crippen LogP contribution in [-0.2, 0) is 14.4 Å². The number of hydrogen-bond donors (Lipinski definition) is 0. The van der Waals surface area contributed by atoms with E-state index in [2.05, 4.69) is 6.92 Å². The van der Waals surface area contributed by atoms with Gasteiger partial charge in [0.15, 0.2) is 0 Å². The van der Waals surface area contributed by atoms with Crippen molar-refractivity contribution in [3.63, 3.8) is 0 Å². The SMILES string of the molecule is CCCC(C)C(=O)CCCCCC(=O)CC(C)(C)[C]=O. The third kappa shape index (κ3) is 9.00. The zero-order chi connectivity index (χ0) is 15.6. The molecular formula is C17H29O3. The monoisotopic (exact) mass is 281 g/mol. The molecule has 0 heterocycles. The standard InChI is InChI=1S/C17H29O3/c1-5-9-14(2)16(20)11-8-6-7-10-15(19)12-17(3,4)13-18/h14H,5-12H2,1-4H3. The van der Waals surface area contributed by atoms with Crippen LogP contribution in [0.2, 0.25) is 0 Å². The van der Waals surface area contributed by atoms with Crippen LogP contribution in [0.15, 0.2) is 0 Å². The fraction of sp³-hybridized carbons (Fsp3) is 0.824. The predicted molar refractivity (Wildman–Crippen MR) is 81.3 cm³/mol. The van der Waals surface area contributed by atoms with E-state index in [4.69, 9.17) is 0 Å². The molecule has 0 saturated heterocycles. The van der Waals surface area contributed by atoms with Gasteiger partial charge in [0.1, 0.15) is 11.6 Å². The maximum absolute atomic E-state index is 11.7. The smallest absolute Gasteiger partial charge is 0.204 e. The van der Waals surface area contributed by atoms with Crippen molar-refractivity contribution >= 4 is 17.9 Å². The van der Waals surface area contributed by atoms with Gasteiger partial charge in [-0.3, -0.25) is 14.4 Å². The molecule has 0 saturated carbocycles. The normalized spacial score (nSPS) is 13.0. The summed E-state index contributed by atoms with van der Waals surface area (Å²) in [5.74, 6) is 0.629. The van der Waals surface area contributed by atoms with E-state index in [0.717, 1.165) is 32.1 Å². The molecule has 0 N–H and O–H groups in total. The fourth-order valence-electron chi connectivity index (χ4n) is 2.26. The Morgan fingerprint density at radius 3 is 2.25 bits per heavy atom. The van der Waals surface area contributed by atoms with Gasteiger partial charge < -0.3 is 0 Å². The highest BCUT2D eigenvalue weighted by atomic mass is 16.1. The summed E-state index contributed by atoms with van der Waals surface area (Å²) in [5, 5.41) is 0. The van der Waals surface area contributed by atoms with E-state index in [1.807, 2.05) is 13.2 Å². The van der Waals surface area contributed by atoms with Crippen molar-refractivity contribution in [2.24, 2.45) is 11.3 Å². The molecule has 20 heavy (non-hydrogen) atoms. The maximum atomic E-state index is 11.7. The Labute approximate surface area is 123 Å². The lowest BCUT2D eigenvalue weighted by molar-refractivity contribution is -0.122. The molecule has 0 aliphatic heterocycles. The first-order chi connectivity index (χ1) is 9.32. The van der Waals surface area contributed by atoms with Crippen molar-refractivity contribution in [1.29, 1.82) is 0 Å². The average Bonchev–Trinajstić information content (AvgIpc) is 2.37. The largest absolute Gasteiger partial charge is 0.300 e. The molecule has 0 aromatic heterocycles. The fourth-order valence-corrected chi connectivity index (χ4v) is 2.26. The van der Waals surface area contributed by atoms with Crippen LogP contribution in [0.5, 0.6) is 0 Å². The molecule has 0 bridgehead atoms. The van der Waals surface area contributed by atoms with Crippen LogP contribution < -0.4 is 0 Å². The molecule has 1 radical (unpaired) electrons. The van der Waals surface area contributed by atoms with E-state index >= 15 is 0 Å². The zero-order valence-electron chi connectivity index (χ0n) is 13.5. The minimum Gasteiger partial charge on any atom is -0.300 e. The molecule has 0 fully saturated rings. The zero-order valence-corrected chi connectivity index (χ0v) is 13.5. The lowest BCUT2D eigenvalue weighted by Crippen LogP contribution is -2.18. The second-order valence-electron chi connectivity index (χ2n) is 6.42. The van der Waals surface area contributed by atoms with Gasteiger partial charge in [0.2, 0.25) is 6.29 Å². The molecule has 3 heteroatoms. The summed E-state index contributed by atoms with van der Waals surface area (Å²) in [6, 6.07) is 0. The van der Waals surface area contributed by atoms with Crippen molar-refractivity contribution < 1.29 is 14.4 Å². The molecule has 0 spiro atoms. The van der Waals surface area contributed by atoms with Gasteiger partial charge in [-0.25, -0.2) is 0 Å². The summed E-state index contributed by atoms with van der Waals surface area (Å²) in [7, 11) is 0. The molecule has 1 unspecified atom stereocenters. The molecule has 0 aromatic carbocycles. The second kappa shape index (κ2) is 9.84. The van der Waals surface area contributed by atoms with E-state index < -0.39 is 5.41 Å². The Hall–Kier alpha value is -0.990. The summed E-state index contributed by atoms with van der Waals surface area (Å²) >= 11 is 0. The summed E-state index contributed by atoms with van der Waals surface area (Å²) in [6.07, 6.45) is 7.89. The molecule has 0 aliphatic rings. The predicted octanol–water partition coefficient (Wildman–Crippen LogP) is 4.04. The lowest BCUT2D eigenvalue weighted by atomic mass is 9.88. The van der Waals surface area contributed by atoms with Crippen LogP contribution >= 0.6 is 0 Å². The van der Waals surface area contributed by atoms with Crippen LogP contribution in [0.3, 0.4) is 0 Å². The molecule has 1 atom stereocenters. The molecule has 0 aliphatic carbocycles. The lowest BCUT2D eigenvalue weighted by Gasteiger charge is -2.14. The van der Waals surface area contributed by atoms with Crippen molar-refractivity contribution in [2.45, 2.75) is 79.1 Å². The minimum atomic E-state index is -0.664. The highest BCUT2D eigenvalue weighted by molar-refractivity contribution is 5.82. The first kappa shape index (κ1) is 19.0. The van der Waals surface area contributed by atoms with Gasteiger partial charge in [0.05, 0.1) is 0 Å². The van der Waals surface area contributed by atoms with E-state index in [1.165, 1.54) is 0 Å². The topological polar surface area (TPSA) is 51.2 Å². The first-order valence-corrected chi connectivity index (χ1v) is 7.76. The Morgan fingerprint density at radius 1 is 1.10 bits per heavy atom. The van der Waals surface area contributed by atoms with Crippen LogP contribution in [0.1, 0.15) is 79.1 Å². The third-order valence-electron chi connectivity index (χ3n) is 3.57. The second-order valence-corrected chi connectivity index (χ2v) is 6.42. The average molecular weight is 281 g/mol. The summed E-state index contributed by atoms with van der Waals surface area (Å²) in [4.78, 5) is 34.0. The Bertz CT molecular complexity index is 318. The number of carbonyl (C=O) groups is 2. The van der Waals surface area contributed by atoms with Gasteiger partial charge in [-0.05, 0) is 19.3 Å². The number of rotatable bonds is 12. The summed E-state index contributed by atoms with van der Waals surface area (Å²) in [5.41, 5.74) is -0.664. The summed E-state index contributed by atoms with van der Waals surface area (Å²) in [6.45, 7) is 7.54. The molecule has 3 nitrogen and oxygen atoms in total. The Morgan fingerprint density at radius 2 is 1.70 bits per heavy atom. The van der Waals surface area contributed by atoms with Crippen molar-refractivity contribution in [3.8, 4) is 0 Å². The number of unbranched alkanes of at least 4 members (excludes halogenated alkanes) is 2. The van der Waals surface area contributed by atoms with Gasteiger partial charge in [-0.2, -0.15) is 0 Å².